The second-order valence-electron chi connectivity index (χ2n) is 11.3. The highest BCUT2D eigenvalue weighted by Crippen LogP contribution is 2.45. The van der Waals surface area contributed by atoms with Gasteiger partial charge in [0.1, 0.15) is 15.6 Å². The van der Waals surface area contributed by atoms with E-state index in [1.807, 2.05) is 69.3 Å². The van der Waals surface area contributed by atoms with Crippen molar-refractivity contribution in [1.29, 1.82) is 0 Å². The summed E-state index contributed by atoms with van der Waals surface area (Å²) in [7, 11) is -3.06. The summed E-state index contributed by atoms with van der Waals surface area (Å²) in [5, 5.41) is 13.4. The molecule has 0 saturated heterocycles. The van der Waals surface area contributed by atoms with Crippen molar-refractivity contribution >= 4 is 37.5 Å². The quantitative estimate of drug-likeness (QED) is 0.222. The minimum absolute atomic E-state index is 0.0984. The smallest absolute Gasteiger partial charge is 0.337 e. The fourth-order valence-electron chi connectivity index (χ4n) is 5.76. The Hall–Kier alpha value is -3.49. The van der Waals surface area contributed by atoms with Crippen molar-refractivity contribution in [3.63, 3.8) is 0 Å². The topological polar surface area (TPSA) is 103 Å². The predicted octanol–water partition coefficient (Wildman–Crippen LogP) is 6.43. The molecule has 0 radical (unpaired) electrons. The van der Waals surface area contributed by atoms with E-state index in [1.54, 1.807) is 6.20 Å². The molecule has 210 valence electrons. The number of benzene rings is 3. The molecule has 40 heavy (non-hydrogen) atoms. The second-order valence-corrected chi connectivity index (χ2v) is 13.5. The largest absolute Gasteiger partial charge is 0.493 e. The average molecular weight is 562 g/mol. The summed E-state index contributed by atoms with van der Waals surface area (Å²) >= 11 is 0. The van der Waals surface area contributed by atoms with Crippen LogP contribution in [0.4, 0.5) is 0 Å². The van der Waals surface area contributed by atoms with Crippen molar-refractivity contribution < 1.29 is 27.8 Å². The van der Waals surface area contributed by atoms with Gasteiger partial charge in [-0.25, -0.2) is 13.2 Å². The summed E-state index contributed by atoms with van der Waals surface area (Å²) in [4.78, 5) is 17.7. The first-order valence-electron chi connectivity index (χ1n) is 13.6. The Balaban J connectivity index is 1.66. The molecule has 5 rings (SSSR count). The molecule has 0 fully saturated rings. The number of rotatable bonds is 10. The molecule has 8 heteroatoms. The Morgan fingerprint density at radius 2 is 1.93 bits per heavy atom. The molecule has 3 aromatic carbocycles. The van der Waals surface area contributed by atoms with Gasteiger partial charge in [-0.2, -0.15) is 0 Å². The van der Waals surface area contributed by atoms with Crippen molar-refractivity contribution in [2.75, 3.05) is 18.6 Å². The van der Waals surface area contributed by atoms with Gasteiger partial charge in [0, 0.05) is 41.1 Å². The molecule has 1 aliphatic heterocycles. The van der Waals surface area contributed by atoms with Crippen molar-refractivity contribution in [3.05, 3.63) is 71.4 Å². The molecule has 1 atom stereocenters. The zero-order valence-corrected chi connectivity index (χ0v) is 24.2. The van der Waals surface area contributed by atoms with Crippen LogP contribution in [0.5, 0.6) is 5.75 Å². The van der Waals surface area contributed by atoms with Crippen LogP contribution in [0.25, 0.3) is 32.8 Å². The highest BCUT2D eigenvalue weighted by Gasteiger charge is 2.34. The molecule has 7 nitrogen and oxygen atoms in total. The van der Waals surface area contributed by atoms with Crippen LogP contribution >= 0.6 is 0 Å². The molecule has 0 unspecified atom stereocenters. The first-order valence-corrected chi connectivity index (χ1v) is 15.7. The Kier molecular flexibility index (Phi) is 7.59. The van der Waals surface area contributed by atoms with Gasteiger partial charge in [0.2, 0.25) is 0 Å². The third kappa shape index (κ3) is 5.69. The van der Waals surface area contributed by atoms with E-state index in [4.69, 9.17) is 14.5 Å². The number of aryl methyl sites for hydroxylation is 1. The van der Waals surface area contributed by atoms with Crippen molar-refractivity contribution in [1.82, 2.24) is 4.98 Å². The monoisotopic (exact) mass is 561 g/mol. The number of ether oxygens (including phenoxy) is 2. The zero-order valence-electron chi connectivity index (χ0n) is 23.4. The standard InChI is InChI=1S/C32H35NO6S/c1-20-19-22-9-5-6-10-23(22)28(24-11-12-25-27-21(14-17-38-25)13-16-33-29(24)27)26(20)30(31(34)35)39-32(2,3)15-7-8-18-40(4,36)37/h5-6,9-13,16,19,30H,7-8,14-15,17-18H2,1-4H3,(H,34,35)/t30-/m0/s1. The van der Waals surface area contributed by atoms with Crippen LogP contribution in [0.2, 0.25) is 0 Å². The number of hydrogen-bond acceptors (Lipinski definition) is 6. The predicted molar refractivity (Wildman–Crippen MR) is 158 cm³/mol. The molecule has 2 heterocycles. The van der Waals surface area contributed by atoms with E-state index in [9.17, 15) is 18.3 Å². The number of aliphatic carboxylic acids is 1. The van der Waals surface area contributed by atoms with Crippen LogP contribution in [-0.4, -0.2) is 48.7 Å². The van der Waals surface area contributed by atoms with Gasteiger partial charge in [0.15, 0.2) is 6.10 Å². The molecule has 1 aromatic heterocycles. The van der Waals surface area contributed by atoms with E-state index in [1.165, 1.54) is 6.26 Å². The summed E-state index contributed by atoms with van der Waals surface area (Å²) in [5.74, 6) is -0.197. The van der Waals surface area contributed by atoms with Gasteiger partial charge in [-0.15, -0.1) is 0 Å². The third-order valence-corrected chi connectivity index (χ3v) is 8.63. The fraction of sp³-hybridized carbons (Fsp3) is 0.375. The Labute approximate surface area is 235 Å². The Morgan fingerprint density at radius 3 is 2.67 bits per heavy atom. The molecule has 4 aromatic rings. The van der Waals surface area contributed by atoms with E-state index < -0.39 is 27.5 Å². The average Bonchev–Trinajstić information content (AvgIpc) is 2.89. The highest BCUT2D eigenvalue weighted by molar-refractivity contribution is 7.90. The molecular formula is C32H35NO6S. The fourth-order valence-corrected chi connectivity index (χ4v) is 6.49. The highest BCUT2D eigenvalue weighted by atomic mass is 32.2. The maximum atomic E-state index is 12.9. The van der Waals surface area contributed by atoms with Gasteiger partial charge in [0.25, 0.3) is 0 Å². The number of sulfone groups is 1. The Morgan fingerprint density at radius 1 is 1.15 bits per heavy atom. The number of carboxylic acids is 1. The van der Waals surface area contributed by atoms with Gasteiger partial charge in [-0.3, -0.25) is 4.98 Å². The molecule has 0 aliphatic carbocycles. The van der Waals surface area contributed by atoms with Crippen LogP contribution in [0.1, 0.15) is 55.9 Å². The van der Waals surface area contributed by atoms with Crippen molar-refractivity contribution in [3.8, 4) is 16.9 Å². The SMILES string of the molecule is Cc1cc2ccccc2c(-c2ccc3c4c(ccnc24)CCO3)c1[C@H](OC(C)(C)CCCCS(C)(=O)=O)C(=O)O. The van der Waals surface area contributed by atoms with E-state index >= 15 is 0 Å². The van der Waals surface area contributed by atoms with Gasteiger partial charge < -0.3 is 14.6 Å². The molecule has 1 aliphatic rings. The van der Waals surface area contributed by atoms with Crippen LogP contribution in [0, 0.1) is 6.92 Å². The summed E-state index contributed by atoms with van der Waals surface area (Å²) in [6.45, 7) is 6.26. The molecular weight excluding hydrogens is 526 g/mol. The third-order valence-electron chi connectivity index (χ3n) is 7.60. The van der Waals surface area contributed by atoms with Crippen LogP contribution in [0.3, 0.4) is 0 Å². The molecule has 0 amide bonds. The lowest BCUT2D eigenvalue weighted by atomic mass is 9.85. The van der Waals surface area contributed by atoms with Gasteiger partial charge in [0.05, 0.1) is 17.7 Å². The number of aromatic nitrogens is 1. The van der Waals surface area contributed by atoms with E-state index in [0.717, 1.165) is 56.1 Å². The number of nitrogens with zero attached hydrogens (tertiary/aromatic N) is 1. The number of pyridine rings is 1. The molecule has 0 saturated carbocycles. The zero-order chi connectivity index (χ0) is 28.7. The van der Waals surface area contributed by atoms with E-state index in [-0.39, 0.29) is 5.75 Å². The van der Waals surface area contributed by atoms with Crippen LogP contribution in [-0.2, 0) is 25.8 Å². The maximum Gasteiger partial charge on any atom is 0.337 e. The molecule has 1 N–H and O–H groups in total. The first kappa shape index (κ1) is 28.1. The lowest BCUT2D eigenvalue weighted by molar-refractivity contribution is -0.163. The lowest BCUT2D eigenvalue weighted by Gasteiger charge is -2.31. The summed E-state index contributed by atoms with van der Waals surface area (Å²) in [6.07, 6.45) is 4.19. The van der Waals surface area contributed by atoms with E-state index in [0.29, 0.717) is 31.4 Å². The minimum Gasteiger partial charge on any atom is -0.493 e. The van der Waals surface area contributed by atoms with Crippen molar-refractivity contribution in [2.24, 2.45) is 0 Å². The number of unbranched alkanes of at least 4 members (excludes halogenated alkanes) is 1. The number of carbonyl (C=O) groups is 1. The first-order chi connectivity index (χ1) is 19.0. The second kappa shape index (κ2) is 10.8. The number of hydrogen-bond donors (Lipinski definition) is 1. The van der Waals surface area contributed by atoms with Crippen LogP contribution < -0.4 is 4.74 Å². The number of fused-ring (bicyclic) bond motifs is 1. The summed E-state index contributed by atoms with van der Waals surface area (Å²) in [6, 6.07) is 15.9. The van der Waals surface area contributed by atoms with Crippen molar-refractivity contribution in [2.45, 2.75) is 58.2 Å². The summed E-state index contributed by atoms with van der Waals surface area (Å²) in [5.41, 5.74) is 4.16. The van der Waals surface area contributed by atoms with Gasteiger partial charge in [-0.05, 0) is 85.7 Å². The molecule has 0 spiro atoms. The number of carboxylic acid groups (broad SMARTS) is 1. The molecule has 0 bridgehead atoms. The minimum atomic E-state index is -3.06. The van der Waals surface area contributed by atoms with Crippen LogP contribution in [0.15, 0.2) is 54.7 Å². The van der Waals surface area contributed by atoms with E-state index in [2.05, 4.69) is 0 Å². The van der Waals surface area contributed by atoms with Gasteiger partial charge in [-0.1, -0.05) is 30.3 Å². The normalized spacial score (nSPS) is 14.3. The Bertz CT molecular complexity index is 1700. The summed E-state index contributed by atoms with van der Waals surface area (Å²) < 4.78 is 35.5. The maximum absolute atomic E-state index is 12.9. The van der Waals surface area contributed by atoms with Gasteiger partial charge >= 0.3 is 5.97 Å². The lowest BCUT2D eigenvalue weighted by Crippen LogP contribution is -2.31.